The number of hydrogen-bond acceptors (Lipinski definition) is 7. The Labute approximate surface area is 209 Å². The Bertz CT molecular complexity index is 1330. The van der Waals surface area contributed by atoms with Crippen LogP contribution in [0.5, 0.6) is 5.75 Å². The molecule has 1 saturated heterocycles. The zero-order chi connectivity index (χ0) is 25.1. The molecular weight excluding hydrogens is 456 g/mol. The summed E-state index contributed by atoms with van der Waals surface area (Å²) < 4.78 is 11.3. The molecule has 3 aromatic rings. The minimum atomic E-state index is -0.175. The van der Waals surface area contributed by atoms with Crippen LogP contribution in [0.1, 0.15) is 42.9 Å². The minimum absolute atomic E-state index is 0.0350. The molecule has 1 atom stereocenters. The molecule has 0 bridgehead atoms. The van der Waals surface area contributed by atoms with Gasteiger partial charge in [0.05, 0.1) is 11.7 Å². The Morgan fingerprint density at radius 3 is 2.92 bits per heavy atom. The highest BCUT2D eigenvalue weighted by Crippen LogP contribution is 2.38. The number of benzene rings is 2. The van der Waals surface area contributed by atoms with Crippen LogP contribution in [0.25, 0.3) is 22.8 Å². The van der Waals surface area contributed by atoms with Gasteiger partial charge in [0.1, 0.15) is 11.8 Å². The number of aliphatic imine (C=N–C) groups is 1. The SMILES string of the molecule is CC(C)Oc1ccc(-c2nc(-c3cccc4c3CCC4/C=N/C(=O)N3CCNCC3)no2)cc1C#N. The van der Waals surface area contributed by atoms with E-state index in [2.05, 4.69) is 32.6 Å². The standard InChI is InChI=1S/C27H28N6O3/c1-17(2)35-24-9-7-18(14-20(24)15-28)26-31-25(32-36-26)23-5-3-4-21-19(6-8-22(21)23)16-30-27(34)33-12-10-29-11-13-33/h3-5,7,9,14,16-17,19,29H,6,8,10-13H2,1-2H3/b30-16+. The fourth-order valence-corrected chi connectivity index (χ4v) is 4.70. The van der Waals surface area contributed by atoms with E-state index < -0.39 is 0 Å². The number of nitrogens with zero attached hydrogens (tertiary/aromatic N) is 5. The Morgan fingerprint density at radius 2 is 2.14 bits per heavy atom. The molecule has 36 heavy (non-hydrogen) atoms. The van der Waals surface area contributed by atoms with Gasteiger partial charge in [0.15, 0.2) is 0 Å². The van der Waals surface area contributed by atoms with Gasteiger partial charge in [-0.15, -0.1) is 0 Å². The largest absolute Gasteiger partial charge is 0.490 e. The van der Waals surface area contributed by atoms with E-state index in [1.54, 1.807) is 23.2 Å². The van der Waals surface area contributed by atoms with Crippen LogP contribution >= 0.6 is 0 Å². The lowest BCUT2D eigenvalue weighted by atomic mass is 9.99. The third-order valence-corrected chi connectivity index (χ3v) is 6.45. The number of ether oxygens (including phenoxy) is 1. The van der Waals surface area contributed by atoms with Gasteiger partial charge in [0, 0.05) is 49.4 Å². The van der Waals surface area contributed by atoms with Gasteiger partial charge in [0.25, 0.3) is 5.89 Å². The maximum absolute atomic E-state index is 12.5. The highest BCUT2D eigenvalue weighted by molar-refractivity contribution is 5.87. The van der Waals surface area contributed by atoms with E-state index in [9.17, 15) is 10.1 Å². The van der Waals surface area contributed by atoms with Crippen molar-refractivity contribution in [1.82, 2.24) is 20.4 Å². The van der Waals surface area contributed by atoms with Crippen molar-refractivity contribution in [3.8, 4) is 34.7 Å². The molecule has 0 radical (unpaired) electrons. The van der Waals surface area contributed by atoms with E-state index in [4.69, 9.17) is 9.26 Å². The third-order valence-electron chi connectivity index (χ3n) is 6.45. The quantitative estimate of drug-likeness (QED) is 0.540. The van der Waals surface area contributed by atoms with Gasteiger partial charge < -0.3 is 19.5 Å². The van der Waals surface area contributed by atoms with E-state index in [0.29, 0.717) is 41.7 Å². The first kappa shape index (κ1) is 23.7. The zero-order valence-electron chi connectivity index (χ0n) is 20.4. The molecule has 2 aromatic carbocycles. The number of nitriles is 1. The van der Waals surface area contributed by atoms with E-state index in [1.807, 2.05) is 32.0 Å². The van der Waals surface area contributed by atoms with Crippen molar-refractivity contribution in [3.63, 3.8) is 0 Å². The number of aromatic nitrogens is 2. The van der Waals surface area contributed by atoms with Crippen molar-refractivity contribution in [3.05, 3.63) is 53.1 Å². The first-order valence-electron chi connectivity index (χ1n) is 12.2. The molecule has 0 saturated carbocycles. The van der Waals surface area contributed by atoms with Gasteiger partial charge in [-0.3, -0.25) is 0 Å². The molecule has 184 valence electrons. The van der Waals surface area contributed by atoms with Crippen LogP contribution in [-0.4, -0.2) is 59.6 Å². The number of hydrogen-bond donors (Lipinski definition) is 1. The van der Waals surface area contributed by atoms with Crippen LogP contribution in [0.2, 0.25) is 0 Å². The van der Waals surface area contributed by atoms with Gasteiger partial charge in [0.2, 0.25) is 5.82 Å². The summed E-state index contributed by atoms with van der Waals surface area (Å²) in [4.78, 5) is 23.1. The van der Waals surface area contributed by atoms with Crippen LogP contribution in [0.3, 0.4) is 0 Å². The Kier molecular flexibility index (Phi) is 6.78. The van der Waals surface area contributed by atoms with E-state index in [-0.39, 0.29) is 18.1 Å². The summed E-state index contributed by atoms with van der Waals surface area (Å²) in [5, 5.41) is 17.0. The van der Waals surface area contributed by atoms with Crippen molar-refractivity contribution >= 4 is 12.2 Å². The number of rotatable bonds is 5. The number of amides is 2. The average molecular weight is 485 g/mol. The molecule has 1 N–H and O–H groups in total. The lowest BCUT2D eigenvalue weighted by Gasteiger charge is -2.25. The first-order chi connectivity index (χ1) is 17.5. The van der Waals surface area contributed by atoms with E-state index in [0.717, 1.165) is 42.6 Å². The molecule has 1 aromatic heterocycles. The van der Waals surface area contributed by atoms with E-state index >= 15 is 0 Å². The summed E-state index contributed by atoms with van der Waals surface area (Å²) in [7, 11) is 0. The number of carbonyl (C=O) groups is 1. The van der Waals surface area contributed by atoms with Crippen molar-refractivity contribution < 1.29 is 14.1 Å². The van der Waals surface area contributed by atoms with Crippen LogP contribution in [0.4, 0.5) is 4.79 Å². The summed E-state index contributed by atoms with van der Waals surface area (Å²) in [6, 6.07) is 13.3. The number of nitrogens with one attached hydrogen (secondary N) is 1. The number of urea groups is 1. The van der Waals surface area contributed by atoms with Crippen LogP contribution in [0, 0.1) is 11.3 Å². The summed E-state index contributed by atoms with van der Waals surface area (Å²) >= 11 is 0. The molecule has 2 amide bonds. The fourth-order valence-electron chi connectivity index (χ4n) is 4.70. The predicted octanol–water partition coefficient (Wildman–Crippen LogP) is 4.19. The Balaban J connectivity index is 1.36. The normalized spacial score (nSPS) is 17.4. The molecule has 1 aliphatic carbocycles. The average Bonchev–Trinajstić information content (AvgIpc) is 3.55. The van der Waals surface area contributed by atoms with Crippen molar-refractivity contribution in [2.45, 2.75) is 38.7 Å². The first-order valence-corrected chi connectivity index (χ1v) is 12.2. The topological polar surface area (TPSA) is 117 Å². The maximum atomic E-state index is 12.5. The predicted molar refractivity (Wildman–Crippen MR) is 135 cm³/mol. The van der Waals surface area contributed by atoms with Gasteiger partial charge in [-0.2, -0.15) is 10.2 Å². The fraction of sp³-hybridized carbons (Fsp3) is 0.370. The molecule has 1 aliphatic heterocycles. The smallest absolute Gasteiger partial charge is 0.343 e. The van der Waals surface area contributed by atoms with Gasteiger partial charge >= 0.3 is 6.03 Å². The summed E-state index contributed by atoms with van der Waals surface area (Å²) in [5.74, 6) is 1.44. The van der Waals surface area contributed by atoms with Crippen LogP contribution in [0.15, 0.2) is 45.9 Å². The van der Waals surface area contributed by atoms with Crippen molar-refractivity contribution in [1.29, 1.82) is 5.26 Å². The number of fused-ring (bicyclic) bond motifs is 1. The molecule has 1 fully saturated rings. The van der Waals surface area contributed by atoms with Gasteiger partial charge in [-0.1, -0.05) is 23.4 Å². The number of piperazine rings is 1. The van der Waals surface area contributed by atoms with Crippen LogP contribution < -0.4 is 10.1 Å². The summed E-state index contributed by atoms with van der Waals surface area (Å²) in [5.41, 5.74) is 4.27. The second kappa shape index (κ2) is 10.3. The Morgan fingerprint density at radius 1 is 1.31 bits per heavy atom. The molecule has 0 spiro atoms. The number of carbonyl (C=O) groups excluding carboxylic acids is 1. The van der Waals surface area contributed by atoms with Crippen molar-refractivity contribution in [2.75, 3.05) is 26.2 Å². The molecule has 9 heteroatoms. The molecule has 2 heterocycles. The zero-order valence-corrected chi connectivity index (χ0v) is 20.4. The minimum Gasteiger partial charge on any atom is -0.490 e. The third kappa shape index (κ3) is 4.86. The highest BCUT2D eigenvalue weighted by atomic mass is 16.5. The highest BCUT2D eigenvalue weighted by Gasteiger charge is 2.26. The second-order valence-corrected chi connectivity index (χ2v) is 9.23. The second-order valence-electron chi connectivity index (χ2n) is 9.23. The molecule has 2 aliphatic rings. The Hall–Kier alpha value is -4.03. The summed E-state index contributed by atoms with van der Waals surface area (Å²) in [6.07, 6.45) is 3.46. The lowest BCUT2D eigenvalue weighted by Crippen LogP contribution is -2.45. The summed E-state index contributed by atoms with van der Waals surface area (Å²) in [6.45, 7) is 6.81. The lowest BCUT2D eigenvalue weighted by molar-refractivity contribution is 0.200. The molecular formula is C27H28N6O3. The van der Waals surface area contributed by atoms with E-state index in [1.165, 1.54) is 0 Å². The monoisotopic (exact) mass is 484 g/mol. The maximum Gasteiger partial charge on any atom is 0.343 e. The van der Waals surface area contributed by atoms with Gasteiger partial charge in [-0.05, 0) is 56.0 Å². The van der Waals surface area contributed by atoms with Crippen molar-refractivity contribution in [2.24, 2.45) is 4.99 Å². The molecule has 9 nitrogen and oxygen atoms in total. The van der Waals surface area contributed by atoms with Gasteiger partial charge in [-0.25, -0.2) is 9.79 Å². The van der Waals surface area contributed by atoms with Crippen LogP contribution in [-0.2, 0) is 6.42 Å². The molecule has 1 unspecified atom stereocenters. The molecule has 5 rings (SSSR count).